The summed E-state index contributed by atoms with van der Waals surface area (Å²) in [6.45, 7) is 0. The van der Waals surface area contributed by atoms with Gasteiger partial charge in [-0.2, -0.15) is 5.10 Å². The number of hydrogen-bond acceptors (Lipinski definition) is 4. The first-order valence-electron chi connectivity index (χ1n) is 4.77. The van der Waals surface area contributed by atoms with E-state index < -0.39 is 11.9 Å². The normalized spacial score (nSPS) is 10.1. The molecule has 0 atom stereocenters. The lowest BCUT2D eigenvalue weighted by molar-refractivity contribution is 0.0698. The highest BCUT2D eigenvalue weighted by Crippen LogP contribution is 2.21. The summed E-state index contributed by atoms with van der Waals surface area (Å²) in [5, 5.41) is 17.6. The Kier molecular flexibility index (Phi) is 3.24. The van der Waals surface area contributed by atoms with Gasteiger partial charge in [-0.1, -0.05) is 11.6 Å². The molecule has 0 bridgehead atoms. The minimum Gasteiger partial charge on any atom is -0.478 e. The molecule has 1 heterocycles. The number of hydrogen-bond donors (Lipinski definition) is 3. The fourth-order valence-corrected chi connectivity index (χ4v) is 1.47. The minimum atomic E-state index is -1.19. The third-order valence-corrected chi connectivity index (χ3v) is 2.33. The Hall–Kier alpha value is -2.41. The molecule has 92 valence electrons. The van der Waals surface area contributed by atoms with E-state index in [2.05, 4.69) is 20.5 Å². The maximum absolute atomic E-state index is 11.7. The zero-order valence-electron chi connectivity index (χ0n) is 8.85. The number of carboxylic acids is 1. The van der Waals surface area contributed by atoms with Gasteiger partial charge in [-0.3, -0.25) is 9.89 Å². The Balaban J connectivity index is 2.29. The van der Waals surface area contributed by atoms with E-state index in [1.807, 2.05) is 0 Å². The van der Waals surface area contributed by atoms with Crippen molar-refractivity contribution in [1.82, 2.24) is 15.2 Å². The van der Waals surface area contributed by atoms with Gasteiger partial charge in [-0.15, -0.1) is 0 Å². The van der Waals surface area contributed by atoms with Crippen LogP contribution in [0.5, 0.6) is 0 Å². The summed E-state index contributed by atoms with van der Waals surface area (Å²) in [6, 6.07) is 4.13. The molecule has 1 aromatic heterocycles. The average Bonchev–Trinajstić information content (AvgIpc) is 2.84. The number of rotatable bonds is 3. The minimum absolute atomic E-state index is 0.0127. The molecule has 0 radical (unpaired) electrons. The zero-order valence-corrected chi connectivity index (χ0v) is 9.60. The van der Waals surface area contributed by atoms with Gasteiger partial charge in [0, 0.05) is 5.02 Å². The van der Waals surface area contributed by atoms with Crippen molar-refractivity contribution in [2.24, 2.45) is 0 Å². The van der Waals surface area contributed by atoms with Crippen LogP contribution in [0.1, 0.15) is 21.0 Å². The number of nitrogens with zero attached hydrogens (tertiary/aromatic N) is 2. The smallest absolute Gasteiger partial charge is 0.337 e. The molecule has 1 amide bonds. The second-order valence-corrected chi connectivity index (χ2v) is 3.72. The molecule has 1 aromatic carbocycles. The standard InChI is InChI=1S/C10H7ClN4O3/c11-5-1-2-7(6(3-5)10(17)18)14-9(16)8-12-4-13-15-8/h1-4H,(H,14,16)(H,17,18)(H,12,13,15). The van der Waals surface area contributed by atoms with E-state index in [-0.39, 0.29) is 22.1 Å². The largest absolute Gasteiger partial charge is 0.478 e. The summed E-state index contributed by atoms with van der Waals surface area (Å²) in [7, 11) is 0. The van der Waals surface area contributed by atoms with Gasteiger partial charge >= 0.3 is 5.97 Å². The number of benzene rings is 1. The van der Waals surface area contributed by atoms with Crippen molar-refractivity contribution in [3.05, 3.63) is 40.9 Å². The molecule has 0 aliphatic heterocycles. The van der Waals surface area contributed by atoms with E-state index in [0.29, 0.717) is 0 Å². The molecular formula is C10H7ClN4O3. The van der Waals surface area contributed by atoms with Gasteiger partial charge in [0.15, 0.2) is 0 Å². The molecule has 18 heavy (non-hydrogen) atoms. The van der Waals surface area contributed by atoms with Gasteiger partial charge in [0.05, 0.1) is 11.3 Å². The number of aromatic amines is 1. The van der Waals surface area contributed by atoms with E-state index in [1.54, 1.807) is 0 Å². The van der Waals surface area contributed by atoms with Gasteiger partial charge in [-0.25, -0.2) is 9.78 Å². The van der Waals surface area contributed by atoms with E-state index in [4.69, 9.17) is 16.7 Å². The van der Waals surface area contributed by atoms with Crippen molar-refractivity contribution >= 4 is 29.2 Å². The van der Waals surface area contributed by atoms with Crippen molar-refractivity contribution in [1.29, 1.82) is 0 Å². The highest BCUT2D eigenvalue weighted by molar-refractivity contribution is 6.31. The monoisotopic (exact) mass is 266 g/mol. The lowest BCUT2D eigenvalue weighted by Crippen LogP contribution is -2.16. The molecule has 0 fully saturated rings. The van der Waals surface area contributed by atoms with Crippen LogP contribution >= 0.6 is 11.6 Å². The number of carbonyl (C=O) groups is 2. The highest BCUT2D eigenvalue weighted by atomic mass is 35.5. The van der Waals surface area contributed by atoms with Crippen LogP contribution in [0.15, 0.2) is 24.5 Å². The molecule has 8 heteroatoms. The number of aromatic nitrogens is 3. The molecule has 0 saturated heterocycles. The third-order valence-electron chi connectivity index (χ3n) is 2.09. The Labute approximate surface area is 106 Å². The van der Waals surface area contributed by atoms with Crippen molar-refractivity contribution < 1.29 is 14.7 Å². The molecular weight excluding hydrogens is 260 g/mol. The Morgan fingerprint density at radius 2 is 2.17 bits per heavy atom. The first-order chi connectivity index (χ1) is 8.58. The number of carbonyl (C=O) groups excluding carboxylic acids is 1. The number of nitrogens with one attached hydrogen (secondary N) is 2. The Morgan fingerprint density at radius 3 is 2.78 bits per heavy atom. The number of amides is 1. The van der Waals surface area contributed by atoms with Gasteiger partial charge < -0.3 is 10.4 Å². The molecule has 0 unspecified atom stereocenters. The molecule has 7 nitrogen and oxygen atoms in total. The maximum atomic E-state index is 11.7. The summed E-state index contributed by atoms with van der Waals surface area (Å²) >= 11 is 5.69. The first kappa shape index (κ1) is 12.1. The molecule has 0 aliphatic rings. The fraction of sp³-hybridized carbons (Fsp3) is 0. The third kappa shape index (κ3) is 2.46. The summed E-state index contributed by atoms with van der Waals surface area (Å²) in [6.07, 6.45) is 1.18. The number of H-pyrrole nitrogens is 1. The second-order valence-electron chi connectivity index (χ2n) is 3.28. The lowest BCUT2D eigenvalue weighted by Gasteiger charge is -2.07. The van der Waals surface area contributed by atoms with Crippen molar-refractivity contribution in [2.45, 2.75) is 0 Å². The maximum Gasteiger partial charge on any atom is 0.337 e. The van der Waals surface area contributed by atoms with E-state index in [0.717, 1.165) is 0 Å². The molecule has 0 aliphatic carbocycles. The van der Waals surface area contributed by atoms with Crippen LogP contribution in [-0.4, -0.2) is 32.2 Å². The van der Waals surface area contributed by atoms with E-state index in [1.165, 1.54) is 24.5 Å². The number of anilines is 1. The predicted octanol–water partition coefficient (Wildman–Crippen LogP) is 1.41. The van der Waals surface area contributed by atoms with Gasteiger partial charge in [0.2, 0.25) is 5.82 Å². The number of carboxylic acid groups (broad SMARTS) is 1. The molecule has 3 N–H and O–H groups in total. The second kappa shape index (κ2) is 4.84. The van der Waals surface area contributed by atoms with Crippen LogP contribution in [0.25, 0.3) is 0 Å². The van der Waals surface area contributed by atoms with Gasteiger partial charge in [0.25, 0.3) is 5.91 Å². The number of aromatic carboxylic acids is 1. The fourth-order valence-electron chi connectivity index (χ4n) is 1.30. The van der Waals surface area contributed by atoms with Crippen LogP contribution in [0.3, 0.4) is 0 Å². The summed E-state index contributed by atoms with van der Waals surface area (Å²) in [5.41, 5.74) is 0.0312. The summed E-state index contributed by atoms with van der Waals surface area (Å²) in [4.78, 5) is 26.3. The SMILES string of the molecule is O=C(Nc1ccc(Cl)cc1C(=O)O)c1ncn[nH]1. The van der Waals surface area contributed by atoms with Crippen LogP contribution in [0.2, 0.25) is 5.02 Å². The first-order valence-corrected chi connectivity index (χ1v) is 5.15. The summed E-state index contributed by atoms with van der Waals surface area (Å²) < 4.78 is 0. The highest BCUT2D eigenvalue weighted by Gasteiger charge is 2.15. The van der Waals surface area contributed by atoms with Crippen LogP contribution in [-0.2, 0) is 0 Å². The van der Waals surface area contributed by atoms with Gasteiger partial charge in [0.1, 0.15) is 6.33 Å². The van der Waals surface area contributed by atoms with E-state index in [9.17, 15) is 9.59 Å². The molecule has 2 rings (SSSR count). The quantitative estimate of drug-likeness (QED) is 0.778. The van der Waals surface area contributed by atoms with Crippen LogP contribution in [0.4, 0.5) is 5.69 Å². The Bertz CT molecular complexity index is 597. The molecule has 0 saturated carbocycles. The summed E-state index contributed by atoms with van der Waals surface area (Å²) in [5.74, 6) is -1.79. The predicted molar refractivity (Wildman–Crippen MR) is 62.7 cm³/mol. The average molecular weight is 267 g/mol. The van der Waals surface area contributed by atoms with E-state index >= 15 is 0 Å². The van der Waals surface area contributed by atoms with Crippen molar-refractivity contribution in [3.63, 3.8) is 0 Å². The molecule has 0 spiro atoms. The van der Waals surface area contributed by atoms with Crippen molar-refractivity contribution in [2.75, 3.05) is 5.32 Å². The van der Waals surface area contributed by atoms with Crippen LogP contribution in [0, 0.1) is 0 Å². The van der Waals surface area contributed by atoms with Gasteiger partial charge in [-0.05, 0) is 18.2 Å². The topological polar surface area (TPSA) is 108 Å². The van der Waals surface area contributed by atoms with Crippen LogP contribution < -0.4 is 5.32 Å². The lowest BCUT2D eigenvalue weighted by atomic mass is 10.2. The molecule has 2 aromatic rings. The Morgan fingerprint density at radius 1 is 1.39 bits per heavy atom. The zero-order chi connectivity index (χ0) is 13.1. The number of halogens is 1. The van der Waals surface area contributed by atoms with Crippen molar-refractivity contribution in [3.8, 4) is 0 Å².